The first kappa shape index (κ1) is 7.35. The Labute approximate surface area is 64.2 Å². The summed E-state index contributed by atoms with van der Waals surface area (Å²) in [5.41, 5.74) is 6.01. The average molecular weight is 149 g/mol. The molecule has 0 aliphatic heterocycles. The first-order valence-electron chi connectivity index (χ1n) is 2.97. The number of aromatic nitrogens is 1. The zero-order chi connectivity index (χ0) is 8.27. The molecule has 0 atom stereocenters. The molecule has 11 heavy (non-hydrogen) atoms. The normalized spacial score (nSPS) is 8.73. The van der Waals surface area contributed by atoms with Crippen LogP contribution in [0.15, 0.2) is 12.3 Å². The summed E-state index contributed by atoms with van der Waals surface area (Å²) in [6, 6.07) is 3.42. The Kier molecular flexibility index (Phi) is 1.93. The van der Waals surface area contributed by atoms with Gasteiger partial charge in [-0.05, 0) is 0 Å². The lowest BCUT2D eigenvalue weighted by Gasteiger charge is -1.99. The molecule has 1 rings (SSSR count). The Hall–Kier alpha value is -1.76. The number of methoxy groups -OCH3 is 1. The first-order chi connectivity index (χ1) is 5.27. The summed E-state index contributed by atoms with van der Waals surface area (Å²) in [5.74, 6) is 0.557. The molecule has 0 spiro atoms. The van der Waals surface area contributed by atoms with Crippen molar-refractivity contribution in [2.24, 2.45) is 0 Å². The topological polar surface area (TPSA) is 71.9 Å². The van der Waals surface area contributed by atoms with Crippen LogP contribution in [0.4, 0.5) is 5.69 Å². The van der Waals surface area contributed by atoms with Crippen LogP contribution in [0.2, 0.25) is 0 Å². The van der Waals surface area contributed by atoms with Crippen molar-refractivity contribution in [3.63, 3.8) is 0 Å². The molecule has 0 bridgehead atoms. The van der Waals surface area contributed by atoms with Gasteiger partial charge in [-0.1, -0.05) is 0 Å². The minimum atomic E-state index is 0.228. The highest BCUT2D eigenvalue weighted by molar-refractivity contribution is 5.52. The van der Waals surface area contributed by atoms with E-state index in [1.54, 1.807) is 6.07 Å². The third kappa shape index (κ3) is 1.38. The molecule has 0 radical (unpaired) electrons. The van der Waals surface area contributed by atoms with Gasteiger partial charge < -0.3 is 10.5 Å². The first-order valence-corrected chi connectivity index (χ1v) is 2.97. The standard InChI is InChI=1S/C7H7N3O/c1-11-5-2-6(9)7(3-8)10-4-5/h2,4H,9H2,1H3. The van der Waals surface area contributed by atoms with E-state index < -0.39 is 0 Å². The Morgan fingerprint density at radius 1 is 1.73 bits per heavy atom. The van der Waals surface area contributed by atoms with Gasteiger partial charge in [0, 0.05) is 6.07 Å². The molecule has 0 aliphatic rings. The second-order valence-corrected chi connectivity index (χ2v) is 1.92. The van der Waals surface area contributed by atoms with Crippen molar-refractivity contribution in [3.05, 3.63) is 18.0 Å². The zero-order valence-corrected chi connectivity index (χ0v) is 6.03. The lowest BCUT2D eigenvalue weighted by Crippen LogP contribution is -1.94. The minimum Gasteiger partial charge on any atom is -0.495 e. The molecule has 0 saturated heterocycles. The molecule has 0 aromatic carbocycles. The fraction of sp³-hybridized carbons (Fsp3) is 0.143. The number of hydrogen-bond acceptors (Lipinski definition) is 4. The van der Waals surface area contributed by atoms with E-state index in [2.05, 4.69) is 4.98 Å². The van der Waals surface area contributed by atoms with Crippen molar-refractivity contribution >= 4 is 5.69 Å². The van der Waals surface area contributed by atoms with Gasteiger partial charge in [-0.2, -0.15) is 5.26 Å². The number of ether oxygens (including phenoxy) is 1. The third-order valence-corrected chi connectivity index (χ3v) is 1.23. The Morgan fingerprint density at radius 2 is 2.45 bits per heavy atom. The summed E-state index contributed by atoms with van der Waals surface area (Å²) in [6.45, 7) is 0. The average Bonchev–Trinajstić information content (AvgIpc) is 2.04. The molecule has 0 unspecified atom stereocenters. The van der Waals surface area contributed by atoms with E-state index in [0.717, 1.165) is 0 Å². The fourth-order valence-corrected chi connectivity index (χ4v) is 0.667. The largest absolute Gasteiger partial charge is 0.495 e. The van der Waals surface area contributed by atoms with Crippen LogP contribution >= 0.6 is 0 Å². The SMILES string of the molecule is COc1cnc(C#N)c(N)c1. The second kappa shape index (κ2) is 2.88. The van der Waals surface area contributed by atoms with Gasteiger partial charge in [-0.3, -0.25) is 0 Å². The summed E-state index contributed by atoms with van der Waals surface area (Å²) in [6.07, 6.45) is 1.45. The van der Waals surface area contributed by atoms with Crippen LogP contribution in [0, 0.1) is 11.3 Å². The van der Waals surface area contributed by atoms with Gasteiger partial charge in [0.15, 0.2) is 5.69 Å². The van der Waals surface area contributed by atoms with E-state index in [-0.39, 0.29) is 5.69 Å². The van der Waals surface area contributed by atoms with Crippen molar-refractivity contribution in [2.75, 3.05) is 12.8 Å². The van der Waals surface area contributed by atoms with Crippen molar-refractivity contribution in [1.29, 1.82) is 5.26 Å². The molecule has 1 heterocycles. The Bertz CT molecular complexity index is 303. The zero-order valence-electron chi connectivity index (χ0n) is 6.03. The van der Waals surface area contributed by atoms with Gasteiger partial charge in [0.1, 0.15) is 11.8 Å². The molecule has 4 heteroatoms. The number of nitrogens with two attached hydrogens (primary N) is 1. The van der Waals surface area contributed by atoms with Gasteiger partial charge >= 0.3 is 0 Å². The maximum Gasteiger partial charge on any atom is 0.163 e. The highest BCUT2D eigenvalue weighted by Crippen LogP contribution is 2.15. The summed E-state index contributed by atoms with van der Waals surface area (Å²) >= 11 is 0. The molecule has 0 aliphatic carbocycles. The van der Waals surface area contributed by atoms with Crippen LogP contribution in [0.1, 0.15) is 5.69 Å². The van der Waals surface area contributed by atoms with E-state index in [4.69, 9.17) is 15.7 Å². The molecular weight excluding hydrogens is 142 g/mol. The van der Waals surface area contributed by atoms with E-state index in [1.165, 1.54) is 13.3 Å². The van der Waals surface area contributed by atoms with E-state index >= 15 is 0 Å². The van der Waals surface area contributed by atoms with Gasteiger partial charge in [0.05, 0.1) is 19.0 Å². The van der Waals surface area contributed by atoms with Crippen LogP contribution in [0.3, 0.4) is 0 Å². The Balaban J connectivity index is 3.12. The number of nitrogens with zero attached hydrogens (tertiary/aromatic N) is 2. The van der Waals surface area contributed by atoms with Crippen molar-refractivity contribution in [3.8, 4) is 11.8 Å². The molecule has 0 saturated carbocycles. The summed E-state index contributed by atoms with van der Waals surface area (Å²) in [4.78, 5) is 3.76. The molecule has 4 nitrogen and oxygen atoms in total. The predicted octanol–water partition coefficient (Wildman–Crippen LogP) is 0.544. The van der Waals surface area contributed by atoms with Gasteiger partial charge in [0.2, 0.25) is 0 Å². The lowest BCUT2D eigenvalue weighted by molar-refractivity contribution is 0.413. The smallest absolute Gasteiger partial charge is 0.163 e. The quantitative estimate of drug-likeness (QED) is 0.632. The number of pyridine rings is 1. The molecule has 1 aromatic heterocycles. The van der Waals surface area contributed by atoms with Crippen LogP contribution < -0.4 is 10.5 Å². The summed E-state index contributed by atoms with van der Waals surface area (Å²) < 4.78 is 4.84. The lowest BCUT2D eigenvalue weighted by atomic mass is 10.3. The number of anilines is 1. The number of nitrogen functional groups attached to an aromatic ring is 1. The van der Waals surface area contributed by atoms with Crippen molar-refractivity contribution in [1.82, 2.24) is 4.98 Å². The highest BCUT2D eigenvalue weighted by Gasteiger charge is 1.99. The second-order valence-electron chi connectivity index (χ2n) is 1.92. The predicted molar refractivity (Wildman–Crippen MR) is 39.9 cm³/mol. The van der Waals surface area contributed by atoms with Crippen molar-refractivity contribution < 1.29 is 4.74 Å². The van der Waals surface area contributed by atoms with Gasteiger partial charge in [-0.25, -0.2) is 4.98 Å². The number of hydrogen-bond donors (Lipinski definition) is 1. The monoisotopic (exact) mass is 149 g/mol. The molecule has 2 N–H and O–H groups in total. The molecule has 0 amide bonds. The van der Waals surface area contributed by atoms with Crippen molar-refractivity contribution in [2.45, 2.75) is 0 Å². The highest BCUT2D eigenvalue weighted by atomic mass is 16.5. The maximum atomic E-state index is 8.45. The van der Waals surface area contributed by atoms with E-state index in [1.807, 2.05) is 6.07 Å². The number of nitriles is 1. The third-order valence-electron chi connectivity index (χ3n) is 1.23. The van der Waals surface area contributed by atoms with Gasteiger partial charge in [0.25, 0.3) is 0 Å². The molecule has 1 aromatic rings. The van der Waals surface area contributed by atoms with E-state index in [9.17, 15) is 0 Å². The van der Waals surface area contributed by atoms with Gasteiger partial charge in [-0.15, -0.1) is 0 Å². The molecule has 0 fully saturated rings. The number of rotatable bonds is 1. The Morgan fingerprint density at radius 3 is 2.91 bits per heavy atom. The van der Waals surface area contributed by atoms with Crippen LogP contribution in [-0.4, -0.2) is 12.1 Å². The maximum absolute atomic E-state index is 8.45. The molecular formula is C7H7N3O. The summed E-state index contributed by atoms with van der Waals surface area (Å²) in [5, 5.41) is 8.45. The minimum absolute atomic E-state index is 0.228. The van der Waals surface area contributed by atoms with Crippen LogP contribution in [0.5, 0.6) is 5.75 Å². The van der Waals surface area contributed by atoms with E-state index in [0.29, 0.717) is 11.4 Å². The van der Waals surface area contributed by atoms with Crippen LogP contribution in [0.25, 0.3) is 0 Å². The fourth-order valence-electron chi connectivity index (χ4n) is 0.667. The summed E-state index contributed by atoms with van der Waals surface area (Å²) in [7, 11) is 1.52. The molecule has 56 valence electrons. The van der Waals surface area contributed by atoms with Crippen LogP contribution in [-0.2, 0) is 0 Å².